The van der Waals surface area contributed by atoms with Gasteiger partial charge in [0, 0.05) is 18.5 Å². The van der Waals surface area contributed by atoms with Crippen LogP contribution in [0.2, 0.25) is 0 Å². The minimum atomic E-state index is -3.58. The van der Waals surface area contributed by atoms with Gasteiger partial charge < -0.3 is 10.5 Å². The molecule has 21 heavy (non-hydrogen) atoms. The van der Waals surface area contributed by atoms with Crippen molar-refractivity contribution in [1.29, 1.82) is 0 Å². The van der Waals surface area contributed by atoms with Crippen LogP contribution in [0, 0.1) is 5.92 Å². The molecule has 0 amide bonds. The maximum absolute atomic E-state index is 12.6. The molecule has 6 heteroatoms. The number of nitrogens with one attached hydrogen (secondary N) is 1. The van der Waals surface area contributed by atoms with Crippen LogP contribution in [0.5, 0.6) is 5.75 Å². The Morgan fingerprint density at radius 1 is 1.43 bits per heavy atom. The summed E-state index contributed by atoms with van der Waals surface area (Å²) in [6, 6.07) is 4.99. The van der Waals surface area contributed by atoms with Crippen molar-refractivity contribution in [1.82, 2.24) is 4.72 Å². The molecule has 1 heterocycles. The van der Waals surface area contributed by atoms with Gasteiger partial charge in [-0.15, -0.1) is 0 Å². The largest absolute Gasteiger partial charge is 0.493 e. The maximum atomic E-state index is 12.6. The number of nitrogens with two attached hydrogens (primary N) is 1. The van der Waals surface area contributed by atoms with Crippen molar-refractivity contribution in [2.75, 3.05) is 13.2 Å². The average molecular weight is 312 g/mol. The van der Waals surface area contributed by atoms with E-state index in [1.54, 1.807) is 18.2 Å². The van der Waals surface area contributed by atoms with E-state index in [0.717, 1.165) is 17.7 Å². The highest BCUT2D eigenvalue weighted by atomic mass is 32.2. The molecule has 0 radical (unpaired) electrons. The number of hydrogen-bond donors (Lipinski definition) is 2. The van der Waals surface area contributed by atoms with E-state index in [-0.39, 0.29) is 11.4 Å². The van der Waals surface area contributed by atoms with Gasteiger partial charge in [-0.1, -0.05) is 13.8 Å². The Balaban J connectivity index is 2.25. The van der Waals surface area contributed by atoms with Gasteiger partial charge in [-0.25, -0.2) is 13.1 Å². The molecule has 0 aromatic heterocycles. The maximum Gasteiger partial charge on any atom is 0.241 e. The summed E-state index contributed by atoms with van der Waals surface area (Å²) < 4.78 is 33.3. The van der Waals surface area contributed by atoms with Crippen LogP contribution in [0.4, 0.5) is 0 Å². The molecule has 0 saturated heterocycles. The Morgan fingerprint density at radius 3 is 2.76 bits per heavy atom. The molecule has 1 aromatic carbocycles. The summed E-state index contributed by atoms with van der Waals surface area (Å²) in [5.74, 6) is 1.13. The first-order valence-corrected chi connectivity index (χ1v) is 8.74. The van der Waals surface area contributed by atoms with E-state index in [1.807, 2.05) is 6.92 Å². The summed E-state index contributed by atoms with van der Waals surface area (Å²) in [4.78, 5) is 0.273. The second-order valence-corrected chi connectivity index (χ2v) is 8.02. The van der Waals surface area contributed by atoms with Crippen molar-refractivity contribution in [3.63, 3.8) is 0 Å². The SMILES string of the molecule is CC(C)CC(C)(CN)NS(=O)(=O)c1ccc2c(c1)CCO2. The predicted octanol–water partition coefficient (Wildman–Crippen LogP) is 1.66. The minimum Gasteiger partial charge on any atom is -0.493 e. The minimum absolute atomic E-state index is 0.262. The molecule has 0 bridgehead atoms. The fraction of sp³-hybridized carbons (Fsp3) is 0.600. The van der Waals surface area contributed by atoms with E-state index in [9.17, 15) is 8.42 Å². The van der Waals surface area contributed by atoms with Crippen molar-refractivity contribution < 1.29 is 13.2 Å². The summed E-state index contributed by atoms with van der Waals surface area (Å²) in [7, 11) is -3.58. The summed E-state index contributed by atoms with van der Waals surface area (Å²) >= 11 is 0. The molecule has 1 aliphatic rings. The molecule has 2 rings (SSSR count). The lowest BCUT2D eigenvalue weighted by Gasteiger charge is -2.30. The number of sulfonamides is 1. The third-order valence-electron chi connectivity index (χ3n) is 3.66. The highest BCUT2D eigenvalue weighted by molar-refractivity contribution is 7.89. The van der Waals surface area contributed by atoms with E-state index in [0.29, 0.717) is 18.9 Å². The standard InChI is InChI=1S/C15H24N2O3S/c1-11(2)9-15(3,10-16)17-21(18,19)13-4-5-14-12(8-13)6-7-20-14/h4-5,8,11,17H,6-7,9-10,16H2,1-3H3. The molecule has 3 N–H and O–H groups in total. The number of fused-ring (bicyclic) bond motifs is 1. The van der Waals surface area contributed by atoms with Gasteiger partial charge in [0.1, 0.15) is 5.75 Å². The molecule has 1 aliphatic heterocycles. The van der Waals surface area contributed by atoms with Crippen LogP contribution in [-0.4, -0.2) is 27.1 Å². The first-order valence-electron chi connectivity index (χ1n) is 7.25. The fourth-order valence-electron chi connectivity index (χ4n) is 2.78. The summed E-state index contributed by atoms with van der Waals surface area (Å²) in [5.41, 5.74) is 6.09. The predicted molar refractivity (Wildman–Crippen MR) is 82.9 cm³/mol. The third-order valence-corrected chi connectivity index (χ3v) is 5.30. The molecular weight excluding hydrogens is 288 g/mol. The van der Waals surface area contributed by atoms with E-state index in [1.165, 1.54) is 0 Å². The highest BCUT2D eigenvalue weighted by Gasteiger charge is 2.30. The second kappa shape index (κ2) is 5.94. The quantitative estimate of drug-likeness (QED) is 0.837. The average Bonchev–Trinajstić information content (AvgIpc) is 2.84. The molecule has 1 aromatic rings. The van der Waals surface area contributed by atoms with E-state index in [4.69, 9.17) is 10.5 Å². The Morgan fingerprint density at radius 2 is 2.14 bits per heavy atom. The van der Waals surface area contributed by atoms with Crippen molar-refractivity contribution in [2.45, 2.75) is 44.0 Å². The Labute approximate surface area is 126 Å². The van der Waals surface area contributed by atoms with Crippen LogP contribution in [-0.2, 0) is 16.4 Å². The van der Waals surface area contributed by atoms with Gasteiger partial charge in [-0.3, -0.25) is 0 Å². The zero-order valence-corrected chi connectivity index (χ0v) is 13.7. The lowest BCUT2D eigenvalue weighted by atomic mass is 9.92. The van der Waals surface area contributed by atoms with Crippen molar-refractivity contribution in [2.24, 2.45) is 11.7 Å². The summed E-state index contributed by atoms with van der Waals surface area (Å²) in [5, 5.41) is 0. The zero-order valence-electron chi connectivity index (χ0n) is 12.8. The topological polar surface area (TPSA) is 81.4 Å². The smallest absolute Gasteiger partial charge is 0.241 e. The molecular formula is C15H24N2O3S. The van der Waals surface area contributed by atoms with Crippen LogP contribution in [0.1, 0.15) is 32.8 Å². The van der Waals surface area contributed by atoms with Crippen LogP contribution in [0.15, 0.2) is 23.1 Å². The van der Waals surface area contributed by atoms with Gasteiger partial charge in [-0.2, -0.15) is 0 Å². The third kappa shape index (κ3) is 3.75. The molecule has 0 saturated carbocycles. The molecule has 118 valence electrons. The zero-order chi connectivity index (χ0) is 15.7. The van der Waals surface area contributed by atoms with Gasteiger partial charge in [0.25, 0.3) is 0 Å². The second-order valence-electron chi connectivity index (χ2n) is 6.34. The van der Waals surface area contributed by atoms with Gasteiger partial charge in [-0.05, 0) is 43.0 Å². The van der Waals surface area contributed by atoms with Crippen molar-refractivity contribution in [3.8, 4) is 5.75 Å². The summed E-state index contributed by atoms with van der Waals surface area (Å²) in [6.45, 7) is 6.82. The fourth-order valence-corrected chi connectivity index (χ4v) is 4.26. The van der Waals surface area contributed by atoms with E-state index < -0.39 is 15.6 Å². The van der Waals surface area contributed by atoms with Gasteiger partial charge in [0.2, 0.25) is 10.0 Å². The van der Waals surface area contributed by atoms with Crippen molar-refractivity contribution >= 4 is 10.0 Å². The Kier molecular flexibility index (Phi) is 4.60. The molecule has 0 spiro atoms. The van der Waals surface area contributed by atoms with Crippen LogP contribution in [0.25, 0.3) is 0 Å². The number of rotatable bonds is 6. The molecule has 0 aliphatic carbocycles. The van der Waals surface area contributed by atoms with Crippen LogP contribution in [0.3, 0.4) is 0 Å². The number of hydrogen-bond acceptors (Lipinski definition) is 4. The van der Waals surface area contributed by atoms with Crippen molar-refractivity contribution in [3.05, 3.63) is 23.8 Å². The van der Waals surface area contributed by atoms with Crippen LogP contribution < -0.4 is 15.2 Å². The lowest BCUT2D eigenvalue weighted by Crippen LogP contribution is -2.51. The molecule has 1 unspecified atom stereocenters. The molecule has 5 nitrogen and oxygen atoms in total. The molecule has 1 atom stereocenters. The van der Waals surface area contributed by atoms with Gasteiger partial charge >= 0.3 is 0 Å². The number of ether oxygens (including phenoxy) is 1. The monoisotopic (exact) mass is 312 g/mol. The highest BCUT2D eigenvalue weighted by Crippen LogP contribution is 2.28. The Bertz CT molecular complexity index is 613. The Hall–Kier alpha value is -1.11. The van der Waals surface area contributed by atoms with E-state index >= 15 is 0 Å². The van der Waals surface area contributed by atoms with E-state index in [2.05, 4.69) is 18.6 Å². The number of benzene rings is 1. The normalized spacial score (nSPS) is 17.4. The lowest BCUT2D eigenvalue weighted by molar-refractivity contribution is 0.344. The first-order chi connectivity index (χ1) is 9.76. The van der Waals surface area contributed by atoms with Gasteiger partial charge in [0.05, 0.1) is 11.5 Å². The molecule has 0 fully saturated rings. The first kappa shape index (κ1) is 16.3. The summed E-state index contributed by atoms with van der Waals surface area (Å²) in [6.07, 6.45) is 1.44. The van der Waals surface area contributed by atoms with Crippen LogP contribution >= 0.6 is 0 Å². The van der Waals surface area contributed by atoms with Gasteiger partial charge in [0.15, 0.2) is 0 Å².